The lowest BCUT2D eigenvalue weighted by Crippen LogP contribution is -2.39. The van der Waals surface area contributed by atoms with E-state index in [1.54, 1.807) is 17.0 Å². The van der Waals surface area contributed by atoms with Crippen LogP contribution in [-0.4, -0.2) is 77.8 Å². The van der Waals surface area contributed by atoms with Crippen LogP contribution in [0.5, 0.6) is 5.75 Å². The third kappa shape index (κ3) is 5.56. The van der Waals surface area contributed by atoms with Crippen molar-refractivity contribution in [2.24, 2.45) is 0 Å². The van der Waals surface area contributed by atoms with Gasteiger partial charge in [-0.05, 0) is 63.8 Å². The van der Waals surface area contributed by atoms with Crippen LogP contribution in [-0.2, 0) is 4.74 Å². The van der Waals surface area contributed by atoms with Crippen molar-refractivity contribution in [2.45, 2.75) is 51.7 Å². The van der Waals surface area contributed by atoms with Gasteiger partial charge in [0.15, 0.2) is 11.3 Å². The predicted octanol–water partition coefficient (Wildman–Crippen LogP) is 4.44. The zero-order valence-corrected chi connectivity index (χ0v) is 24.1. The molecule has 0 saturated carbocycles. The second kappa shape index (κ2) is 10.9. The van der Waals surface area contributed by atoms with Crippen LogP contribution >= 0.6 is 0 Å². The number of hydrogen-bond acceptors (Lipinski definition) is 10. The maximum Gasteiger partial charge on any atom is 0.410 e. The van der Waals surface area contributed by atoms with Gasteiger partial charge in [0.05, 0.1) is 17.3 Å². The molecule has 0 radical (unpaired) electrons. The Kier molecular flexibility index (Phi) is 7.13. The predicted molar refractivity (Wildman–Crippen MR) is 160 cm³/mol. The molecule has 1 amide bonds. The number of aromatic nitrogens is 6. The maximum atomic E-state index is 12.4. The number of anilines is 2. The van der Waals surface area contributed by atoms with E-state index >= 15 is 0 Å². The summed E-state index contributed by atoms with van der Waals surface area (Å²) >= 11 is 0. The van der Waals surface area contributed by atoms with Gasteiger partial charge in [-0.2, -0.15) is 5.10 Å². The molecule has 0 atom stereocenters. The number of carbonyl (C=O) groups is 1. The Morgan fingerprint density at radius 1 is 1.07 bits per heavy atom. The number of para-hydroxylation sites is 1. The first-order chi connectivity index (χ1) is 20.2. The van der Waals surface area contributed by atoms with Gasteiger partial charge in [-0.3, -0.25) is 4.68 Å². The zero-order valence-electron chi connectivity index (χ0n) is 24.1. The summed E-state index contributed by atoms with van der Waals surface area (Å²) in [5.41, 5.74) is 10.3. The fraction of sp³-hybridized carbons (Fsp3) is 0.400. The minimum atomic E-state index is -0.510. The van der Waals surface area contributed by atoms with Gasteiger partial charge < -0.3 is 25.4 Å². The lowest BCUT2D eigenvalue weighted by atomic mass is 10.0. The molecule has 4 aromatic rings. The first kappa shape index (κ1) is 27.4. The fourth-order valence-electron chi connectivity index (χ4n) is 5.44. The van der Waals surface area contributed by atoms with Crippen molar-refractivity contribution < 1.29 is 14.6 Å². The van der Waals surface area contributed by atoms with Crippen molar-refractivity contribution in [3.63, 3.8) is 0 Å². The zero-order chi connectivity index (χ0) is 29.4. The molecular weight excluding hydrogens is 534 g/mol. The highest BCUT2D eigenvalue weighted by atomic mass is 16.6. The Hall–Kier alpha value is -4.74. The average Bonchev–Trinajstić information content (AvgIpc) is 3.32. The van der Waals surface area contributed by atoms with Crippen LogP contribution in [0.4, 0.5) is 16.6 Å². The number of ether oxygens (including phenoxy) is 1. The largest absolute Gasteiger partial charge is 0.507 e. The van der Waals surface area contributed by atoms with Crippen molar-refractivity contribution >= 4 is 34.5 Å². The Morgan fingerprint density at radius 3 is 2.48 bits per heavy atom. The molecule has 0 bridgehead atoms. The van der Waals surface area contributed by atoms with Crippen LogP contribution in [0.2, 0.25) is 0 Å². The number of carbonyl (C=O) groups excluding carboxylic acids is 1. The molecule has 5 heterocycles. The Balaban J connectivity index is 1.11. The molecule has 0 aliphatic carbocycles. The number of phenolic OH excluding ortho intramolecular Hbond substituents is 1. The second-order valence-electron chi connectivity index (χ2n) is 11.7. The number of phenols is 1. The van der Waals surface area contributed by atoms with E-state index in [-0.39, 0.29) is 17.9 Å². The Bertz CT molecular complexity index is 1630. The summed E-state index contributed by atoms with van der Waals surface area (Å²) in [7, 11) is 0. The van der Waals surface area contributed by atoms with Gasteiger partial charge in [0.2, 0.25) is 5.95 Å². The van der Waals surface area contributed by atoms with Gasteiger partial charge in [0, 0.05) is 49.7 Å². The molecule has 12 heteroatoms. The van der Waals surface area contributed by atoms with Crippen LogP contribution in [0.25, 0.3) is 27.9 Å². The first-order valence-corrected chi connectivity index (χ1v) is 14.2. The number of piperidine rings is 1. The molecule has 3 N–H and O–H groups in total. The number of rotatable bonds is 4. The summed E-state index contributed by atoms with van der Waals surface area (Å²) in [4.78, 5) is 25.6. The van der Waals surface area contributed by atoms with E-state index in [0.717, 1.165) is 49.0 Å². The summed E-state index contributed by atoms with van der Waals surface area (Å²) in [6.45, 7) is 8.26. The molecule has 0 spiro atoms. The Labute approximate surface area is 243 Å². The van der Waals surface area contributed by atoms with Crippen LogP contribution in [0, 0.1) is 0 Å². The van der Waals surface area contributed by atoms with Crippen LogP contribution in [0.1, 0.15) is 51.6 Å². The second-order valence-corrected chi connectivity index (χ2v) is 11.7. The van der Waals surface area contributed by atoms with Crippen molar-refractivity contribution in [3.05, 3.63) is 54.4 Å². The lowest BCUT2D eigenvalue weighted by Gasteiger charge is -2.32. The molecule has 6 rings (SSSR count). The normalized spacial score (nSPS) is 16.5. The van der Waals surface area contributed by atoms with Gasteiger partial charge in [-0.15, -0.1) is 10.2 Å². The van der Waals surface area contributed by atoms with Crippen molar-refractivity contribution in [2.75, 3.05) is 36.8 Å². The smallest absolute Gasteiger partial charge is 0.410 e. The summed E-state index contributed by atoms with van der Waals surface area (Å²) < 4.78 is 7.43. The van der Waals surface area contributed by atoms with E-state index in [4.69, 9.17) is 10.5 Å². The summed E-state index contributed by atoms with van der Waals surface area (Å²) in [6, 6.07) is 9.07. The van der Waals surface area contributed by atoms with Gasteiger partial charge in [-0.1, -0.05) is 18.2 Å². The molecule has 2 aliphatic heterocycles. The number of hydrogen-bond donors (Lipinski definition) is 2. The molecule has 218 valence electrons. The maximum absolute atomic E-state index is 12.4. The van der Waals surface area contributed by atoms with Gasteiger partial charge in [0.1, 0.15) is 11.4 Å². The number of amides is 1. The number of fused-ring (bicyclic) bond motifs is 1. The summed E-state index contributed by atoms with van der Waals surface area (Å²) in [5.74, 6) is 1.18. The topological polar surface area (TPSA) is 148 Å². The molecule has 0 unspecified atom stereocenters. The van der Waals surface area contributed by atoms with Gasteiger partial charge in [-0.25, -0.2) is 14.8 Å². The van der Waals surface area contributed by atoms with Crippen LogP contribution in [0.3, 0.4) is 0 Å². The first-order valence-electron chi connectivity index (χ1n) is 14.2. The van der Waals surface area contributed by atoms with E-state index in [1.165, 1.54) is 0 Å². The summed E-state index contributed by atoms with van der Waals surface area (Å²) in [5, 5.41) is 23.5. The van der Waals surface area contributed by atoms with E-state index in [9.17, 15) is 9.90 Å². The third-order valence-corrected chi connectivity index (χ3v) is 7.62. The monoisotopic (exact) mass is 569 g/mol. The van der Waals surface area contributed by atoms with Crippen LogP contribution < -0.4 is 10.6 Å². The molecule has 42 heavy (non-hydrogen) atoms. The molecule has 1 aromatic carbocycles. The number of benzene rings is 1. The highest BCUT2D eigenvalue weighted by Gasteiger charge is 2.27. The van der Waals surface area contributed by atoms with Gasteiger partial charge >= 0.3 is 6.09 Å². The lowest BCUT2D eigenvalue weighted by molar-refractivity contribution is 0.0270. The van der Waals surface area contributed by atoms with Gasteiger partial charge in [0.25, 0.3) is 0 Å². The average molecular weight is 570 g/mol. The highest BCUT2D eigenvalue weighted by Crippen LogP contribution is 2.33. The SMILES string of the molecule is CC(C)(C)OC(=O)N1CC=C(c2cnc(N3CCC(n4nc(N)c5nnc(-c6ccccc6O)cc54)CC3)nc2)CC1. The Morgan fingerprint density at radius 2 is 1.81 bits per heavy atom. The quantitative estimate of drug-likeness (QED) is 0.361. The highest BCUT2D eigenvalue weighted by molar-refractivity contribution is 5.87. The number of nitrogens with zero attached hydrogens (tertiary/aromatic N) is 8. The van der Waals surface area contributed by atoms with E-state index < -0.39 is 5.60 Å². The molecule has 1 saturated heterocycles. The molecule has 3 aromatic heterocycles. The minimum absolute atomic E-state index is 0.127. The fourth-order valence-corrected chi connectivity index (χ4v) is 5.44. The van der Waals surface area contributed by atoms with E-state index in [2.05, 4.69) is 30.2 Å². The van der Waals surface area contributed by atoms with Crippen molar-refractivity contribution in [3.8, 4) is 17.0 Å². The van der Waals surface area contributed by atoms with Crippen LogP contribution in [0.15, 0.2) is 48.8 Å². The standard InChI is InChI=1S/C30H35N9O3/c1-30(2,3)42-29(41)38-12-8-19(9-13-38)20-17-32-28(33-18-20)37-14-10-21(11-15-37)39-24-16-23(22-6-4-5-7-25(22)40)34-35-26(24)27(31)36-39/h4-8,16-18,21,40H,9-15H2,1-3H3,(H2,31,36). The molecule has 12 nitrogen and oxygen atoms in total. The molecule has 1 fully saturated rings. The molecular formula is C30H35N9O3. The number of nitrogen functional groups attached to an aromatic ring is 1. The van der Waals surface area contributed by atoms with Crippen molar-refractivity contribution in [1.82, 2.24) is 34.8 Å². The third-order valence-electron chi connectivity index (χ3n) is 7.62. The van der Waals surface area contributed by atoms with E-state index in [0.29, 0.717) is 41.6 Å². The molecule has 2 aliphatic rings. The minimum Gasteiger partial charge on any atom is -0.507 e. The number of aromatic hydroxyl groups is 1. The number of nitrogens with two attached hydrogens (primary N) is 1. The van der Waals surface area contributed by atoms with E-state index in [1.807, 2.05) is 62.1 Å². The summed E-state index contributed by atoms with van der Waals surface area (Å²) in [6.07, 6.45) is 7.88. The van der Waals surface area contributed by atoms with Crippen molar-refractivity contribution in [1.29, 1.82) is 0 Å².